The van der Waals surface area contributed by atoms with Gasteiger partial charge in [0.25, 0.3) is 0 Å². The van der Waals surface area contributed by atoms with E-state index in [1.165, 1.54) is 0 Å². The Balaban J connectivity index is 5.34. The van der Waals surface area contributed by atoms with Crippen molar-refractivity contribution in [3.63, 3.8) is 0 Å². The number of carboxylic acids is 2. The highest BCUT2D eigenvalue weighted by molar-refractivity contribution is 6.05. The Bertz CT molecular complexity index is 393. The molecule has 2 N–H and O–H groups in total. The number of carbonyl (C=O) groups is 4. The Hall–Kier alpha value is -1.98. The van der Waals surface area contributed by atoms with Crippen LogP contribution in [0.25, 0.3) is 0 Å². The lowest BCUT2D eigenvalue weighted by Crippen LogP contribution is -2.17. The Kier molecular flexibility index (Phi) is 8.12. The fourth-order valence-corrected chi connectivity index (χ4v) is 1.75. The van der Waals surface area contributed by atoms with Crippen molar-refractivity contribution in [3.8, 4) is 0 Å². The van der Waals surface area contributed by atoms with Crippen molar-refractivity contribution in [1.29, 1.82) is 0 Å². The second-order valence-electron chi connectivity index (χ2n) is 4.50. The molecule has 0 aromatic carbocycles. The summed E-state index contributed by atoms with van der Waals surface area (Å²) in [7, 11) is 0. The van der Waals surface area contributed by atoms with Gasteiger partial charge in [0.2, 0.25) is 0 Å². The van der Waals surface area contributed by atoms with E-state index in [0.717, 1.165) is 0 Å². The standard InChI is InChI=1S/C14H20O6/c1-3-5-9(15)7-11(13(17)18)12(14(19)20)8-10(16)6-4-2/h3-8H2,1-2H3,(H,17,18)(H,19,20). The molecular formula is C14H20O6. The van der Waals surface area contributed by atoms with E-state index in [1.54, 1.807) is 13.8 Å². The fraction of sp³-hybridized carbons (Fsp3) is 0.571. The number of hydrogen-bond donors (Lipinski definition) is 2. The van der Waals surface area contributed by atoms with E-state index < -0.39 is 35.9 Å². The molecule has 0 bridgehead atoms. The molecule has 0 saturated heterocycles. The molecule has 0 spiro atoms. The van der Waals surface area contributed by atoms with Gasteiger partial charge >= 0.3 is 11.9 Å². The minimum Gasteiger partial charge on any atom is -0.478 e. The molecule has 0 aliphatic heterocycles. The van der Waals surface area contributed by atoms with Gasteiger partial charge in [-0.05, 0) is 12.8 Å². The highest BCUT2D eigenvalue weighted by Gasteiger charge is 2.24. The summed E-state index contributed by atoms with van der Waals surface area (Å²) in [5.41, 5.74) is -0.971. The molecule has 0 aliphatic rings. The zero-order valence-electron chi connectivity index (χ0n) is 11.8. The van der Waals surface area contributed by atoms with E-state index in [-0.39, 0.29) is 24.4 Å². The van der Waals surface area contributed by atoms with Crippen LogP contribution in [0.5, 0.6) is 0 Å². The normalized spacial score (nSPS) is 11.7. The number of carbonyl (C=O) groups excluding carboxylic acids is 2. The van der Waals surface area contributed by atoms with Gasteiger partial charge in [-0.2, -0.15) is 0 Å². The maximum absolute atomic E-state index is 11.5. The van der Waals surface area contributed by atoms with Crippen molar-refractivity contribution >= 4 is 23.5 Å². The zero-order chi connectivity index (χ0) is 15.7. The first-order chi connectivity index (χ1) is 9.33. The number of Topliss-reactive ketones (excluding diaryl/α,β-unsaturated/α-hetero) is 2. The van der Waals surface area contributed by atoms with Crippen LogP contribution in [0.3, 0.4) is 0 Å². The number of carboxylic acid groups (broad SMARTS) is 2. The lowest BCUT2D eigenvalue weighted by molar-refractivity contribution is -0.137. The number of ketones is 2. The van der Waals surface area contributed by atoms with Gasteiger partial charge in [-0.3, -0.25) is 9.59 Å². The van der Waals surface area contributed by atoms with Crippen LogP contribution in [0.4, 0.5) is 0 Å². The maximum atomic E-state index is 11.5. The quantitative estimate of drug-likeness (QED) is 0.594. The highest BCUT2D eigenvalue weighted by atomic mass is 16.4. The minimum atomic E-state index is -1.46. The average Bonchev–Trinajstić information content (AvgIpc) is 2.33. The van der Waals surface area contributed by atoms with Gasteiger partial charge in [0.05, 0.1) is 11.1 Å². The predicted molar refractivity (Wildman–Crippen MR) is 71.4 cm³/mol. The lowest BCUT2D eigenvalue weighted by atomic mass is 9.96. The summed E-state index contributed by atoms with van der Waals surface area (Å²) in [5, 5.41) is 18.1. The van der Waals surface area contributed by atoms with Gasteiger partial charge in [-0.15, -0.1) is 0 Å². The summed E-state index contributed by atoms with van der Waals surface area (Å²) in [6, 6.07) is 0. The molecule has 20 heavy (non-hydrogen) atoms. The second kappa shape index (κ2) is 9.01. The molecule has 0 amide bonds. The summed E-state index contributed by atoms with van der Waals surface area (Å²) in [6.45, 7) is 3.54. The molecular weight excluding hydrogens is 264 g/mol. The highest BCUT2D eigenvalue weighted by Crippen LogP contribution is 2.17. The van der Waals surface area contributed by atoms with Gasteiger partial charge in [0, 0.05) is 25.7 Å². The van der Waals surface area contributed by atoms with Gasteiger partial charge in [0.15, 0.2) is 0 Å². The third kappa shape index (κ3) is 6.26. The predicted octanol–water partition coefficient (Wildman–Crippen LogP) is 1.97. The van der Waals surface area contributed by atoms with E-state index in [2.05, 4.69) is 0 Å². The van der Waals surface area contributed by atoms with E-state index in [9.17, 15) is 19.2 Å². The molecule has 0 radical (unpaired) electrons. The molecule has 0 atom stereocenters. The summed E-state index contributed by atoms with van der Waals surface area (Å²) in [5.74, 6) is -3.61. The van der Waals surface area contributed by atoms with E-state index in [0.29, 0.717) is 12.8 Å². The summed E-state index contributed by atoms with van der Waals surface area (Å²) < 4.78 is 0. The van der Waals surface area contributed by atoms with Gasteiger partial charge in [-0.25, -0.2) is 9.59 Å². The SMILES string of the molecule is CCCC(=O)CC(C(=O)O)=C(CC(=O)CCC)C(=O)O. The van der Waals surface area contributed by atoms with Crippen LogP contribution in [-0.4, -0.2) is 33.7 Å². The number of rotatable bonds is 10. The van der Waals surface area contributed by atoms with Crippen LogP contribution >= 0.6 is 0 Å². The number of hydrogen-bond acceptors (Lipinski definition) is 4. The Labute approximate surface area is 117 Å². The molecule has 0 saturated carbocycles. The summed E-state index contributed by atoms with van der Waals surface area (Å²) in [4.78, 5) is 45.3. The molecule has 0 aromatic heterocycles. The first kappa shape index (κ1) is 18.0. The van der Waals surface area contributed by atoms with E-state index in [4.69, 9.17) is 10.2 Å². The second-order valence-corrected chi connectivity index (χ2v) is 4.50. The van der Waals surface area contributed by atoms with Crippen LogP contribution in [0, 0.1) is 0 Å². The largest absolute Gasteiger partial charge is 0.478 e. The average molecular weight is 284 g/mol. The van der Waals surface area contributed by atoms with Crippen LogP contribution in [0.15, 0.2) is 11.1 Å². The van der Waals surface area contributed by atoms with Crippen LogP contribution in [0.2, 0.25) is 0 Å². The summed E-state index contributed by atoms with van der Waals surface area (Å²) in [6.07, 6.45) is 0.583. The third-order valence-corrected chi connectivity index (χ3v) is 2.69. The Morgan fingerprint density at radius 2 is 1.00 bits per heavy atom. The molecule has 0 heterocycles. The topological polar surface area (TPSA) is 109 Å². The fourth-order valence-electron chi connectivity index (χ4n) is 1.75. The number of aliphatic carboxylic acids is 2. The molecule has 112 valence electrons. The summed E-state index contributed by atoms with van der Waals surface area (Å²) >= 11 is 0. The minimum absolute atomic E-state index is 0.187. The van der Waals surface area contributed by atoms with Crippen molar-refractivity contribution in [2.75, 3.05) is 0 Å². The van der Waals surface area contributed by atoms with Gasteiger partial charge < -0.3 is 10.2 Å². The van der Waals surface area contributed by atoms with Gasteiger partial charge in [-0.1, -0.05) is 13.8 Å². The zero-order valence-corrected chi connectivity index (χ0v) is 11.8. The van der Waals surface area contributed by atoms with E-state index >= 15 is 0 Å². The molecule has 6 nitrogen and oxygen atoms in total. The van der Waals surface area contributed by atoms with Crippen molar-refractivity contribution in [2.45, 2.75) is 52.4 Å². The smallest absolute Gasteiger partial charge is 0.332 e. The van der Waals surface area contributed by atoms with Gasteiger partial charge in [0.1, 0.15) is 11.6 Å². The molecule has 0 fully saturated rings. The molecule has 0 rings (SSSR count). The van der Waals surface area contributed by atoms with Crippen molar-refractivity contribution in [2.24, 2.45) is 0 Å². The molecule has 0 unspecified atom stereocenters. The van der Waals surface area contributed by atoms with Crippen LogP contribution in [0.1, 0.15) is 52.4 Å². The molecule has 0 aliphatic carbocycles. The monoisotopic (exact) mass is 284 g/mol. The molecule has 6 heteroatoms. The van der Waals surface area contributed by atoms with Crippen molar-refractivity contribution in [3.05, 3.63) is 11.1 Å². The first-order valence-electron chi connectivity index (χ1n) is 6.55. The van der Waals surface area contributed by atoms with Crippen LogP contribution < -0.4 is 0 Å². The van der Waals surface area contributed by atoms with Crippen molar-refractivity contribution in [1.82, 2.24) is 0 Å². The molecule has 0 aromatic rings. The Morgan fingerprint density at radius 1 is 0.700 bits per heavy atom. The van der Waals surface area contributed by atoms with Crippen LogP contribution in [-0.2, 0) is 19.2 Å². The first-order valence-corrected chi connectivity index (χ1v) is 6.55. The van der Waals surface area contributed by atoms with E-state index in [1.807, 2.05) is 0 Å². The third-order valence-electron chi connectivity index (χ3n) is 2.69. The van der Waals surface area contributed by atoms with Crippen molar-refractivity contribution < 1.29 is 29.4 Å². The maximum Gasteiger partial charge on any atom is 0.332 e. The lowest BCUT2D eigenvalue weighted by Gasteiger charge is -2.08. The Morgan fingerprint density at radius 3 is 1.20 bits per heavy atom.